The SMILES string of the molecule is C[C@H](N)CSc1nccs1. The van der Waals surface area contributed by atoms with Crippen molar-refractivity contribution >= 4 is 23.1 Å². The summed E-state index contributed by atoms with van der Waals surface area (Å²) in [5.74, 6) is 0.952. The van der Waals surface area contributed by atoms with E-state index in [2.05, 4.69) is 4.98 Å². The van der Waals surface area contributed by atoms with Crippen molar-refractivity contribution in [3.63, 3.8) is 0 Å². The molecule has 56 valence electrons. The fourth-order valence-corrected chi connectivity index (χ4v) is 2.03. The molecule has 0 spiro atoms. The molecule has 4 heteroatoms. The summed E-state index contributed by atoms with van der Waals surface area (Å²) >= 11 is 3.38. The summed E-state index contributed by atoms with van der Waals surface area (Å²) in [5, 5.41) is 1.98. The minimum absolute atomic E-state index is 0.258. The van der Waals surface area contributed by atoms with Crippen molar-refractivity contribution in [1.29, 1.82) is 0 Å². The summed E-state index contributed by atoms with van der Waals surface area (Å²) in [4.78, 5) is 4.11. The Morgan fingerprint density at radius 2 is 2.70 bits per heavy atom. The lowest BCUT2D eigenvalue weighted by molar-refractivity contribution is 0.847. The average Bonchev–Trinajstić information content (AvgIpc) is 2.34. The molecule has 0 saturated carbocycles. The summed E-state index contributed by atoms with van der Waals surface area (Å²) in [5.41, 5.74) is 5.57. The predicted molar refractivity (Wildman–Crippen MR) is 46.5 cm³/mol. The molecule has 0 radical (unpaired) electrons. The molecule has 1 aromatic heterocycles. The first-order valence-corrected chi connectivity index (χ1v) is 4.93. The highest BCUT2D eigenvalue weighted by atomic mass is 32.2. The van der Waals surface area contributed by atoms with E-state index in [1.165, 1.54) is 0 Å². The number of nitrogens with zero attached hydrogens (tertiary/aromatic N) is 1. The van der Waals surface area contributed by atoms with Crippen LogP contribution in [0.25, 0.3) is 0 Å². The van der Waals surface area contributed by atoms with Crippen molar-refractivity contribution in [2.24, 2.45) is 5.73 Å². The van der Waals surface area contributed by atoms with Crippen LogP contribution in [0.2, 0.25) is 0 Å². The van der Waals surface area contributed by atoms with Crippen LogP contribution in [0.4, 0.5) is 0 Å². The maximum Gasteiger partial charge on any atom is 0.149 e. The molecule has 1 heterocycles. The van der Waals surface area contributed by atoms with E-state index >= 15 is 0 Å². The molecule has 1 rings (SSSR count). The Morgan fingerprint density at radius 1 is 1.90 bits per heavy atom. The first kappa shape index (κ1) is 8.04. The lowest BCUT2D eigenvalue weighted by Gasteiger charge is -1.99. The third-order valence-electron chi connectivity index (χ3n) is 0.879. The molecule has 1 atom stereocenters. The van der Waals surface area contributed by atoms with Gasteiger partial charge in [-0.1, -0.05) is 11.8 Å². The van der Waals surface area contributed by atoms with Crippen molar-refractivity contribution in [3.8, 4) is 0 Å². The number of hydrogen-bond donors (Lipinski definition) is 1. The smallest absolute Gasteiger partial charge is 0.149 e. The molecule has 2 N–H and O–H groups in total. The van der Waals surface area contributed by atoms with Crippen molar-refractivity contribution in [2.75, 3.05) is 5.75 Å². The molecule has 0 fully saturated rings. The molecule has 0 amide bonds. The van der Waals surface area contributed by atoms with Crippen molar-refractivity contribution in [1.82, 2.24) is 4.98 Å². The summed E-state index contributed by atoms with van der Waals surface area (Å²) in [6.07, 6.45) is 1.81. The van der Waals surface area contributed by atoms with E-state index in [1.54, 1.807) is 23.1 Å². The van der Waals surface area contributed by atoms with Crippen LogP contribution in [0.3, 0.4) is 0 Å². The second kappa shape index (κ2) is 3.95. The molecule has 0 saturated heterocycles. The van der Waals surface area contributed by atoms with Gasteiger partial charge in [-0.25, -0.2) is 4.98 Å². The first-order valence-electron chi connectivity index (χ1n) is 3.07. The normalized spacial score (nSPS) is 13.4. The maximum absolute atomic E-state index is 5.57. The van der Waals surface area contributed by atoms with Crippen LogP contribution in [-0.2, 0) is 0 Å². The minimum Gasteiger partial charge on any atom is -0.327 e. The van der Waals surface area contributed by atoms with Gasteiger partial charge in [-0.05, 0) is 6.92 Å². The van der Waals surface area contributed by atoms with Crippen LogP contribution in [-0.4, -0.2) is 16.8 Å². The molecule has 0 unspecified atom stereocenters. The second-order valence-corrected chi connectivity index (χ2v) is 4.25. The molecule has 2 nitrogen and oxygen atoms in total. The quantitative estimate of drug-likeness (QED) is 0.707. The van der Waals surface area contributed by atoms with Gasteiger partial charge in [0.2, 0.25) is 0 Å². The predicted octanol–water partition coefficient (Wildman–Crippen LogP) is 1.58. The summed E-state index contributed by atoms with van der Waals surface area (Å²) in [6, 6.07) is 0.258. The number of thioether (sulfide) groups is 1. The Hall–Kier alpha value is -0.0600. The number of hydrogen-bond acceptors (Lipinski definition) is 4. The number of thiazole rings is 1. The van der Waals surface area contributed by atoms with Crippen LogP contribution < -0.4 is 5.73 Å². The molecule has 1 aromatic rings. The molecular weight excluding hydrogens is 164 g/mol. The zero-order chi connectivity index (χ0) is 7.40. The summed E-state index contributed by atoms with van der Waals surface area (Å²) < 4.78 is 1.11. The first-order chi connectivity index (χ1) is 4.79. The summed E-state index contributed by atoms with van der Waals surface area (Å²) in [6.45, 7) is 2.00. The Kier molecular flexibility index (Phi) is 3.18. The van der Waals surface area contributed by atoms with E-state index in [9.17, 15) is 0 Å². The van der Waals surface area contributed by atoms with Crippen LogP contribution in [0.1, 0.15) is 6.92 Å². The molecule has 10 heavy (non-hydrogen) atoms. The van der Waals surface area contributed by atoms with E-state index in [1.807, 2.05) is 18.5 Å². The third-order valence-corrected chi connectivity index (χ3v) is 3.13. The van der Waals surface area contributed by atoms with Gasteiger partial charge in [0, 0.05) is 23.4 Å². The van der Waals surface area contributed by atoms with Crippen molar-refractivity contribution in [2.45, 2.75) is 17.3 Å². The topological polar surface area (TPSA) is 38.9 Å². The van der Waals surface area contributed by atoms with E-state index in [4.69, 9.17) is 5.73 Å². The van der Waals surface area contributed by atoms with Gasteiger partial charge in [-0.15, -0.1) is 11.3 Å². The number of aromatic nitrogens is 1. The number of rotatable bonds is 3. The Morgan fingerprint density at radius 3 is 3.20 bits per heavy atom. The fourth-order valence-electron chi connectivity index (χ4n) is 0.484. The van der Waals surface area contributed by atoms with Crippen LogP contribution >= 0.6 is 23.1 Å². The van der Waals surface area contributed by atoms with Crippen LogP contribution in [0.5, 0.6) is 0 Å². The summed E-state index contributed by atoms with van der Waals surface area (Å²) in [7, 11) is 0. The molecule has 0 aliphatic rings. The van der Waals surface area contributed by atoms with Crippen molar-refractivity contribution in [3.05, 3.63) is 11.6 Å². The lowest BCUT2D eigenvalue weighted by Crippen LogP contribution is -2.17. The van der Waals surface area contributed by atoms with Crippen molar-refractivity contribution < 1.29 is 0 Å². The standard InChI is InChI=1S/C6H10N2S2/c1-5(7)4-10-6-8-2-3-9-6/h2-3,5H,4,7H2,1H3/t5-/m0/s1. The van der Waals surface area contributed by atoms with E-state index in [-0.39, 0.29) is 6.04 Å². The minimum atomic E-state index is 0.258. The Labute approximate surface area is 68.8 Å². The number of nitrogens with two attached hydrogens (primary N) is 1. The van der Waals surface area contributed by atoms with E-state index in [0.29, 0.717) is 0 Å². The fraction of sp³-hybridized carbons (Fsp3) is 0.500. The molecule has 0 bridgehead atoms. The monoisotopic (exact) mass is 174 g/mol. The van der Waals surface area contributed by atoms with Gasteiger partial charge in [-0.2, -0.15) is 0 Å². The van der Waals surface area contributed by atoms with Gasteiger partial charge in [0.05, 0.1) is 0 Å². The zero-order valence-electron chi connectivity index (χ0n) is 5.78. The van der Waals surface area contributed by atoms with Gasteiger partial charge in [0.15, 0.2) is 0 Å². The highest BCUT2D eigenvalue weighted by Gasteiger charge is 1.97. The van der Waals surface area contributed by atoms with Gasteiger partial charge < -0.3 is 5.73 Å². The zero-order valence-corrected chi connectivity index (χ0v) is 7.41. The largest absolute Gasteiger partial charge is 0.327 e. The molecule has 0 aliphatic heterocycles. The highest BCUT2D eigenvalue weighted by molar-refractivity contribution is 8.01. The average molecular weight is 174 g/mol. The highest BCUT2D eigenvalue weighted by Crippen LogP contribution is 2.19. The van der Waals surface area contributed by atoms with E-state index in [0.717, 1.165) is 10.1 Å². The second-order valence-electron chi connectivity index (χ2n) is 2.09. The van der Waals surface area contributed by atoms with Crippen LogP contribution in [0.15, 0.2) is 15.9 Å². The molecule has 0 aliphatic carbocycles. The van der Waals surface area contributed by atoms with Gasteiger partial charge in [0.1, 0.15) is 4.34 Å². The Balaban J connectivity index is 2.28. The van der Waals surface area contributed by atoms with Gasteiger partial charge in [0.25, 0.3) is 0 Å². The van der Waals surface area contributed by atoms with Crippen LogP contribution in [0, 0.1) is 0 Å². The molecular formula is C6H10N2S2. The maximum atomic E-state index is 5.57. The third kappa shape index (κ3) is 2.68. The molecule has 0 aromatic carbocycles. The van der Waals surface area contributed by atoms with Gasteiger partial charge in [-0.3, -0.25) is 0 Å². The van der Waals surface area contributed by atoms with Gasteiger partial charge >= 0.3 is 0 Å². The Bertz CT molecular complexity index is 172. The lowest BCUT2D eigenvalue weighted by atomic mass is 10.4. The van der Waals surface area contributed by atoms with E-state index < -0.39 is 0 Å².